The molecule has 3 heterocycles. The number of methoxy groups -OCH3 is 1. The first kappa shape index (κ1) is 18.7. The third-order valence-corrected chi connectivity index (χ3v) is 5.32. The van der Waals surface area contributed by atoms with Crippen molar-refractivity contribution in [1.29, 1.82) is 0 Å². The van der Waals surface area contributed by atoms with Gasteiger partial charge < -0.3 is 15.0 Å². The number of H-pyrrole nitrogens is 1. The molecular formula is C17H23N5O3S. The van der Waals surface area contributed by atoms with E-state index in [1.54, 1.807) is 7.11 Å². The highest BCUT2D eigenvalue weighted by Gasteiger charge is 2.35. The van der Waals surface area contributed by atoms with Crippen LogP contribution in [-0.4, -0.2) is 64.1 Å². The van der Waals surface area contributed by atoms with Crippen LogP contribution in [0.1, 0.15) is 29.2 Å². The molecule has 0 aliphatic carbocycles. The van der Waals surface area contributed by atoms with Gasteiger partial charge in [-0.05, 0) is 20.8 Å². The van der Waals surface area contributed by atoms with E-state index in [2.05, 4.69) is 39.0 Å². The van der Waals surface area contributed by atoms with E-state index in [1.807, 2.05) is 12.3 Å². The van der Waals surface area contributed by atoms with Crippen molar-refractivity contribution in [3.8, 4) is 11.5 Å². The van der Waals surface area contributed by atoms with Crippen molar-refractivity contribution in [3.05, 3.63) is 32.5 Å². The van der Waals surface area contributed by atoms with Crippen molar-refractivity contribution >= 4 is 17.2 Å². The molecular weight excluding hydrogens is 354 g/mol. The van der Waals surface area contributed by atoms with E-state index in [0.717, 1.165) is 11.6 Å². The van der Waals surface area contributed by atoms with E-state index < -0.39 is 11.5 Å². The minimum atomic E-state index is -0.481. The minimum absolute atomic E-state index is 0.0152. The number of rotatable bonds is 5. The topological polar surface area (TPSA) is 100 Å². The summed E-state index contributed by atoms with van der Waals surface area (Å²) in [6.07, 6.45) is 1.19. The summed E-state index contributed by atoms with van der Waals surface area (Å²) in [5.41, 5.74) is 0.101. The molecule has 1 amide bonds. The zero-order chi connectivity index (χ0) is 18.8. The van der Waals surface area contributed by atoms with Crippen LogP contribution in [0.25, 0.3) is 11.5 Å². The zero-order valence-electron chi connectivity index (χ0n) is 15.3. The van der Waals surface area contributed by atoms with E-state index in [-0.39, 0.29) is 17.7 Å². The molecule has 1 fully saturated rings. The van der Waals surface area contributed by atoms with Crippen molar-refractivity contribution in [3.63, 3.8) is 0 Å². The summed E-state index contributed by atoms with van der Waals surface area (Å²) in [6, 6.07) is 0.190. The van der Waals surface area contributed by atoms with E-state index in [1.165, 1.54) is 17.5 Å². The maximum atomic E-state index is 12.6. The Labute approximate surface area is 155 Å². The summed E-state index contributed by atoms with van der Waals surface area (Å²) in [6.45, 7) is 7.51. The molecule has 0 spiro atoms. The highest BCUT2D eigenvalue weighted by Crippen LogP contribution is 2.17. The maximum Gasteiger partial charge on any atom is 0.264 e. The van der Waals surface area contributed by atoms with Crippen LogP contribution in [0.5, 0.6) is 0 Å². The molecule has 1 saturated heterocycles. The Bertz CT molecular complexity index is 847. The molecule has 0 unspecified atom stereocenters. The number of amides is 1. The quantitative estimate of drug-likeness (QED) is 0.808. The standard InChI is InChI=1S/C17H23N5O3S/c1-9(2)22-6-12(14(7-22)25-4)20-16(23)11-5-18-15(21-17(11)24)13-8-26-10(3)19-13/h5,8-9,12,14H,6-7H2,1-4H3,(H,20,23)(H,18,21,24)/t12-,14-/m1/s1. The average molecular weight is 377 g/mol. The lowest BCUT2D eigenvalue weighted by Crippen LogP contribution is -2.45. The molecule has 0 radical (unpaired) electrons. The molecule has 2 N–H and O–H groups in total. The number of ether oxygens (including phenoxy) is 1. The molecule has 140 valence electrons. The Morgan fingerprint density at radius 3 is 2.81 bits per heavy atom. The van der Waals surface area contributed by atoms with Crippen molar-refractivity contribution < 1.29 is 9.53 Å². The maximum absolute atomic E-state index is 12.6. The van der Waals surface area contributed by atoms with Gasteiger partial charge in [-0.25, -0.2) is 9.97 Å². The van der Waals surface area contributed by atoms with Gasteiger partial charge in [-0.2, -0.15) is 0 Å². The molecule has 3 rings (SSSR count). The van der Waals surface area contributed by atoms with Crippen molar-refractivity contribution in [2.75, 3.05) is 20.2 Å². The van der Waals surface area contributed by atoms with E-state index >= 15 is 0 Å². The fourth-order valence-electron chi connectivity index (χ4n) is 3.01. The molecule has 0 saturated carbocycles. The molecule has 0 bridgehead atoms. The number of aromatic amines is 1. The summed E-state index contributed by atoms with van der Waals surface area (Å²) in [7, 11) is 1.63. The number of aryl methyl sites for hydroxylation is 1. The van der Waals surface area contributed by atoms with Gasteiger partial charge >= 0.3 is 0 Å². The van der Waals surface area contributed by atoms with Crippen molar-refractivity contribution in [1.82, 2.24) is 25.2 Å². The number of hydrogen-bond acceptors (Lipinski definition) is 7. The number of thiazole rings is 1. The Kier molecular flexibility index (Phi) is 5.49. The summed E-state index contributed by atoms with van der Waals surface area (Å²) in [4.78, 5) is 38.2. The lowest BCUT2D eigenvalue weighted by molar-refractivity contribution is 0.0752. The first-order valence-electron chi connectivity index (χ1n) is 8.48. The Morgan fingerprint density at radius 2 is 2.23 bits per heavy atom. The van der Waals surface area contributed by atoms with Crippen molar-refractivity contribution in [2.24, 2.45) is 0 Å². The number of likely N-dealkylation sites (tertiary alicyclic amines) is 1. The molecule has 26 heavy (non-hydrogen) atoms. The largest absolute Gasteiger partial charge is 0.378 e. The van der Waals surface area contributed by atoms with Gasteiger partial charge in [-0.3, -0.25) is 14.5 Å². The summed E-state index contributed by atoms with van der Waals surface area (Å²) in [5, 5.41) is 5.60. The summed E-state index contributed by atoms with van der Waals surface area (Å²) < 4.78 is 5.49. The molecule has 2 aromatic rings. The molecule has 9 heteroatoms. The molecule has 0 aromatic carbocycles. The highest BCUT2D eigenvalue weighted by atomic mass is 32.1. The monoisotopic (exact) mass is 377 g/mol. The number of nitrogens with one attached hydrogen (secondary N) is 2. The van der Waals surface area contributed by atoms with Gasteiger partial charge in [0, 0.05) is 37.8 Å². The second-order valence-corrected chi connectivity index (χ2v) is 7.69. The second kappa shape index (κ2) is 7.65. The van der Waals surface area contributed by atoms with E-state index in [0.29, 0.717) is 24.1 Å². The fraction of sp³-hybridized carbons (Fsp3) is 0.529. The Balaban J connectivity index is 1.75. The third-order valence-electron chi connectivity index (χ3n) is 4.55. The van der Waals surface area contributed by atoms with Gasteiger partial charge in [-0.15, -0.1) is 11.3 Å². The normalized spacial score (nSPS) is 20.7. The number of hydrogen-bond donors (Lipinski definition) is 2. The highest BCUT2D eigenvalue weighted by molar-refractivity contribution is 7.09. The van der Waals surface area contributed by atoms with E-state index in [4.69, 9.17) is 4.74 Å². The predicted octanol–water partition coefficient (Wildman–Crippen LogP) is 1.04. The Morgan fingerprint density at radius 1 is 1.46 bits per heavy atom. The number of nitrogens with zero attached hydrogens (tertiary/aromatic N) is 3. The predicted molar refractivity (Wildman–Crippen MR) is 99.5 cm³/mol. The SMILES string of the molecule is CO[C@@H]1CN(C(C)C)C[C@H]1NC(=O)c1cnc(-c2csc(C)n2)[nH]c1=O. The lowest BCUT2D eigenvalue weighted by Gasteiger charge is -2.19. The molecule has 2 atom stereocenters. The average Bonchev–Trinajstić information content (AvgIpc) is 3.21. The minimum Gasteiger partial charge on any atom is -0.378 e. The van der Waals surface area contributed by atoms with Crippen LogP contribution in [0.15, 0.2) is 16.4 Å². The molecule has 1 aliphatic heterocycles. The number of carbonyl (C=O) groups is 1. The van der Waals surface area contributed by atoms with Crippen LogP contribution >= 0.6 is 11.3 Å². The van der Waals surface area contributed by atoms with Crippen LogP contribution in [0.2, 0.25) is 0 Å². The fourth-order valence-corrected chi connectivity index (χ4v) is 3.60. The smallest absolute Gasteiger partial charge is 0.264 e. The van der Waals surface area contributed by atoms with Crippen molar-refractivity contribution in [2.45, 2.75) is 39.0 Å². The van der Waals surface area contributed by atoms with Crippen LogP contribution < -0.4 is 10.9 Å². The van der Waals surface area contributed by atoms with Crippen LogP contribution in [0.3, 0.4) is 0 Å². The first-order valence-corrected chi connectivity index (χ1v) is 9.36. The van der Waals surface area contributed by atoms with Gasteiger partial charge in [-0.1, -0.05) is 0 Å². The molecule has 2 aromatic heterocycles. The molecule has 1 aliphatic rings. The number of aromatic nitrogens is 3. The molecule has 8 nitrogen and oxygen atoms in total. The second-order valence-electron chi connectivity index (χ2n) is 6.63. The van der Waals surface area contributed by atoms with Gasteiger partial charge in [0.15, 0.2) is 5.82 Å². The van der Waals surface area contributed by atoms with Gasteiger partial charge in [0.1, 0.15) is 11.3 Å². The zero-order valence-corrected chi connectivity index (χ0v) is 16.1. The van der Waals surface area contributed by atoms with Crippen LogP contribution in [-0.2, 0) is 4.74 Å². The van der Waals surface area contributed by atoms with Gasteiger partial charge in [0.25, 0.3) is 11.5 Å². The van der Waals surface area contributed by atoms with Crippen LogP contribution in [0, 0.1) is 6.92 Å². The van der Waals surface area contributed by atoms with Crippen LogP contribution in [0.4, 0.5) is 0 Å². The van der Waals surface area contributed by atoms with Gasteiger partial charge in [0.05, 0.1) is 17.2 Å². The summed E-state index contributed by atoms with van der Waals surface area (Å²) in [5.74, 6) is -0.0880. The number of carbonyl (C=O) groups excluding carboxylic acids is 1. The van der Waals surface area contributed by atoms with E-state index in [9.17, 15) is 9.59 Å². The lowest BCUT2D eigenvalue weighted by atomic mass is 10.2. The third kappa shape index (κ3) is 3.84. The van der Waals surface area contributed by atoms with Gasteiger partial charge in [0.2, 0.25) is 0 Å². The summed E-state index contributed by atoms with van der Waals surface area (Å²) >= 11 is 1.47. The Hall–Kier alpha value is -2.10. The first-order chi connectivity index (χ1) is 12.4.